The molecular weight excluding hydrogens is 212 g/mol. The van der Waals surface area contributed by atoms with E-state index in [1.54, 1.807) is 10.8 Å². The van der Waals surface area contributed by atoms with E-state index in [1.807, 2.05) is 0 Å². The first kappa shape index (κ1) is 8.40. The van der Waals surface area contributed by atoms with Gasteiger partial charge in [-0.3, -0.25) is 10.1 Å². The van der Waals surface area contributed by atoms with E-state index in [2.05, 4.69) is 4.98 Å². The first-order valence-corrected chi connectivity index (χ1v) is 4.67. The molecule has 0 N–H and O–H groups in total. The monoisotopic (exact) mass is 214 g/mol. The van der Waals surface area contributed by atoms with E-state index in [0.29, 0.717) is 10.9 Å². The van der Waals surface area contributed by atoms with Crippen LogP contribution >= 0.6 is 22.9 Å². The summed E-state index contributed by atoms with van der Waals surface area (Å²) in [6, 6.07) is 0. The predicted octanol–water partition coefficient (Wildman–Crippen LogP) is 2.86. The first-order chi connectivity index (χ1) is 6.20. The summed E-state index contributed by atoms with van der Waals surface area (Å²) < 4.78 is 0. The highest BCUT2D eigenvalue weighted by Crippen LogP contribution is 2.32. The number of fused-ring (bicyclic) bond motifs is 1. The maximum absolute atomic E-state index is 10.5. The Kier molecular flexibility index (Phi) is 1.90. The standard InChI is InChI=1S/C7H3ClN2O2S/c8-7-4-2-13-3-5(4)9-1-6(7)10(11)12/h1-3H. The fraction of sp³-hybridized carbons (Fsp3) is 0. The highest BCUT2D eigenvalue weighted by atomic mass is 35.5. The van der Waals surface area contributed by atoms with E-state index >= 15 is 0 Å². The molecule has 0 aliphatic carbocycles. The van der Waals surface area contributed by atoms with Crippen molar-refractivity contribution in [2.75, 3.05) is 0 Å². The molecule has 66 valence electrons. The summed E-state index contributed by atoms with van der Waals surface area (Å²) in [4.78, 5) is 13.8. The minimum absolute atomic E-state index is 0.146. The summed E-state index contributed by atoms with van der Waals surface area (Å²) >= 11 is 7.22. The molecule has 0 unspecified atom stereocenters. The predicted molar refractivity (Wildman–Crippen MR) is 51.3 cm³/mol. The van der Waals surface area contributed by atoms with E-state index in [-0.39, 0.29) is 10.7 Å². The SMILES string of the molecule is O=[N+]([O-])c1cnc2cscc2c1Cl. The quantitative estimate of drug-likeness (QED) is 0.542. The maximum Gasteiger partial charge on any atom is 0.306 e. The molecule has 2 heterocycles. The van der Waals surface area contributed by atoms with Gasteiger partial charge < -0.3 is 0 Å². The molecule has 0 aliphatic rings. The lowest BCUT2D eigenvalue weighted by molar-refractivity contribution is -0.384. The van der Waals surface area contributed by atoms with Crippen molar-refractivity contribution in [3.8, 4) is 0 Å². The van der Waals surface area contributed by atoms with E-state index in [9.17, 15) is 10.1 Å². The zero-order valence-electron chi connectivity index (χ0n) is 6.23. The van der Waals surface area contributed by atoms with Gasteiger partial charge in [0, 0.05) is 16.1 Å². The van der Waals surface area contributed by atoms with Crippen LogP contribution in [-0.2, 0) is 0 Å². The molecule has 0 fully saturated rings. The summed E-state index contributed by atoms with van der Waals surface area (Å²) in [7, 11) is 0. The van der Waals surface area contributed by atoms with Crippen LogP contribution in [0.15, 0.2) is 17.0 Å². The van der Waals surface area contributed by atoms with E-state index in [1.165, 1.54) is 17.5 Å². The molecule has 4 nitrogen and oxygen atoms in total. The molecule has 2 aromatic rings. The second-order valence-corrected chi connectivity index (χ2v) is 3.51. The van der Waals surface area contributed by atoms with Crippen LogP contribution in [0.3, 0.4) is 0 Å². The molecule has 0 atom stereocenters. The molecule has 0 spiro atoms. The van der Waals surface area contributed by atoms with Gasteiger partial charge in [0.25, 0.3) is 0 Å². The van der Waals surface area contributed by atoms with Gasteiger partial charge in [-0.05, 0) is 0 Å². The minimum Gasteiger partial charge on any atom is -0.258 e. The number of aromatic nitrogens is 1. The normalized spacial score (nSPS) is 10.5. The lowest BCUT2D eigenvalue weighted by Gasteiger charge is -1.94. The Morgan fingerprint density at radius 1 is 1.54 bits per heavy atom. The zero-order chi connectivity index (χ0) is 9.42. The zero-order valence-corrected chi connectivity index (χ0v) is 7.80. The molecule has 0 radical (unpaired) electrons. The molecule has 0 saturated heterocycles. The maximum atomic E-state index is 10.5. The van der Waals surface area contributed by atoms with Crippen LogP contribution in [0.4, 0.5) is 5.69 Å². The number of thiophene rings is 1. The third-order valence-electron chi connectivity index (χ3n) is 1.63. The van der Waals surface area contributed by atoms with Gasteiger partial charge in [-0.15, -0.1) is 11.3 Å². The van der Waals surface area contributed by atoms with Crippen molar-refractivity contribution in [1.82, 2.24) is 4.98 Å². The largest absolute Gasteiger partial charge is 0.306 e. The topological polar surface area (TPSA) is 56.0 Å². The molecule has 0 bridgehead atoms. The second kappa shape index (κ2) is 2.93. The van der Waals surface area contributed by atoms with Crippen LogP contribution < -0.4 is 0 Å². The van der Waals surface area contributed by atoms with Crippen LogP contribution in [-0.4, -0.2) is 9.91 Å². The van der Waals surface area contributed by atoms with Crippen LogP contribution in [0.2, 0.25) is 5.02 Å². The Morgan fingerprint density at radius 3 is 3.00 bits per heavy atom. The first-order valence-electron chi connectivity index (χ1n) is 3.35. The van der Waals surface area contributed by atoms with Gasteiger partial charge >= 0.3 is 5.69 Å². The number of halogens is 1. The lowest BCUT2D eigenvalue weighted by Crippen LogP contribution is -1.90. The number of hydrogen-bond donors (Lipinski definition) is 0. The van der Waals surface area contributed by atoms with Crippen molar-refractivity contribution >= 4 is 39.5 Å². The summed E-state index contributed by atoms with van der Waals surface area (Å²) in [6.45, 7) is 0. The number of hydrogen-bond acceptors (Lipinski definition) is 4. The molecule has 2 rings (SSSR count). The second-order valence-electron chi connectivity index (χ2n) is 2.39. The number of nitrogens with zero attached hydrogens (tertiary/aromatic N) is 2. The third-order valence-corrected chi connectivity index (χ3v) is 2.75. The van der Waals surface area contributed by atoms with Crippen molar-refractivity contribution in [3.63, 3.8) is 0 Å². The molecule has 0 aromatic carbocycles. The number of pyridine rings is 1. The van der Waals surface area contributed by atoms with Gasteiger partial charge in [-0.2, -0.15) is 0 Å². The minimum atomic E-state index is -0.535. The average molecular weight is 215 g/mol. The van der Waals surface area contributed by atoms with Crippen molar-refractivity contribution in [3.05, 3.63) is 32.1 Å². The van der Waals surface area contributed by atoms with Gasteiger partial charge in [0.15, 0.2) is 0 Å². The van der Waals surface area contributed by atoms with Crippen LogP contribution in [0.1, 0.15) is 0 Å². The van der Waals surface area contributed by atoms with Gasteiger partial charge in [-0.25, -0.2) is 4.98 Å². The average Bonchev–Trinajstić information content (AvgIpc) is 2.52. The van der Waals surface area contributed by atoms with Crippen LogP contribution in [0.5, 0.6) is 0 Å². The molecular formula is C7H3ClN2O2S. The Bertz CT molecular complexity index is 482. The summed E-state index contributed by atoms with van der Waals surface area (Å²) in [5, 5.41) is 14.8. The molecule has 0 aliphatic heterocycles. The fourth-order valence-corrected chi connectivity index (χ4v) is 2.10. The van der Waals surface area contributed by atoms with Crippen molar-refractivity contribution < 1.29 is 4.92 Å². The third kappa shape index (κ3) is 1.26. The Balaban J connectivity index is 2.80. The van der Waals surface area contributed by atoms with Crippen molar-refractivity contribution in [1.29, 1.82) is 0 Å². The van der Waals surface area contributed by atoms with E-state index < -0.39 is 4.92 Å². The Hall–Kier alpha value is -1.20. The van der Waals surface area contributed by atoms with Crippen LogP contribution in [0.25, 0.3) is 10.9 Å². The van der Waals surface area contributed by atoms with Crippen molar-refractivity contribution in [2.45, 2.75) is 0 Å². The van der Waals surface area contributed by atoms with E-state index in [0.717, 1.165) is 0 Å². The van der Waals surface area contributed by atoms with E-state index in [4.69, 9.17) is 11.6 Å². The van der Waals surface area contributed by atoms with Gasteiger partial charge in [0.05, 0.1) is 10.4 Å². The highest BCUT2D eigenvalue weighted by molar-refractivity contribution is 7.09. The molecule has 0 amide bonds. The summed E-state index contributed by atoms with van der Waals surface area (Å²) in [6.07, 6.45) is 1.18. The number of nitro groups is 1. The van der Waals surface area contributed by atoms with Crippen molar-refractivity contribution in [2.24, 2.45) is 0 Å². The molecule has 0 saturated carbocycles. The van der Waals surface area contributed by atoms with Crippen LogP contribution in [0, 0.1) is 10.1 Å². The number of rotatable bonds is 1. The Labute approximate surface area is 81.9 Å². The lowest BCUT2D eigenvalue weighted by atomic mass is 10.3. The summed E-state index contributed by atoms with van der Waals surface area (Å²) in [5.41, 5.74) is 0.549. The fourth-order valence-electron chi connectivity index (χ4n) is 1.01. The molecule has 13 heavy (non-hydrogen) atoms. The van der Waals surface area contributed by atoms with Gasteiger partial charge in [0.1, 0.15) is 11.2 Å². The van der Waals surface area contributed by atoms with Gasteiger partial charge in [0.2, 0.25) is 0 Å². The highest BCUT2D eigenvalue weighted by Gasteiger charge is 2.15. The summed E-state index contributed by atoms with van der Waals surface area (Å²) in [5.74, 6) is 0. The smallest absolute Gasteiger partial charge is 0.258 e. The molecule has 2 aromatic heterocycles. The molecule has 6 heteroatoms. The van der Waals surface area contributed by atoms with Gasteiger partial charge in [-0.1, -0.05) is 11.6 Å². The Morgan fingerprint density at radius 2 is 2.31 bits per heavy atom.